The highest BCUT2D eigenvalue weighted by Gasteiger charge is 2.17. The van der Waals surface area contributed by atoms with Crippen molar-refractivity contribution in [3.05, 3.63) is 0 Å². The minimum Gasteiger partial charge on any atom is -0.383 e. The Morgan fingerprint density at radius 3 is 2.50 bits per heavy atom. The van der Waals surface area contributed by atoms with E-state index in [1.54, 1.807) is 14.0 Å². The molecule has 0 spiro atoms. The molecule has 0 aliphatic carbocycles. The van der Waals surface area contributed by atoms with Crippen LogP contribution < -0.4 is 0 Å². The average molecular weight is 181 g/mol. The minimum absolute atomic E-state index is 0.413. The predicted octanol–water partition coefficient (Wildman–Crippen LogP) is 0.985. The lowest BCUT2D eigenvalue weighted by atomic mass is 10.2. The van der Waals surface area contributed by atoms with E-state index in [9.17, 15) is 4.79 Å². The van der Waals surface area contributed by atoms with Crippen LogP contribution in [-0.4, -0.2) is 24.3 Å². The minimum atomic E-state index is -0.498. The summed E-state index contributed by atoms with van der Waals surface area (Å²) in [6.07, 6.45) is 0.816. The lowest BCUT2D eigenvalue weighted by Gasteiger charge is -2.11. The molecule has 0 heterocycles. The molecule has 0 rings (SSSR count). The van der Waals surface area contributed by atoms with Gasteiger partial charge in [0.05, 0.1) is 6.61 Å². The summed E-state index contributed by atoms with van der Waals surface area (Å²) in [6, 6.07) is 0. The number of rotatable bonds is 3. The summed E-state index contributed by atoms with van der Waals surface area (Å²) in [4.78, 5) is 10.1. The second-order valence-electron chi connectivity index (χ2n) is 1.83. The summed E-state index contributed by atoms with van der Waals surface area (Å²) in [6.45, 7) is 2.17. The lowest BCUT2D eigenvalue weighted by molar-refractivity contribution is -0.110. The molecule has 0 amide bonds. The van der Waals surface area contributed by atoms with E-state index < -0.39 is 4.32 Å². The predicted molar refractivity (Wildman–Crippen MR) is 35.3 cm³/mol. The van der Waals surface area contributed by atoms with Crippen molar-refractivity contribution in [2.45, 2.75) is 11.2 Å². The zero-order valence-electron chi connectivity index (χ0n) is 4.98. The van der Waals surface area contributed by atoms with E-state index in [4.69, 9.17) is 4.74 Å². The molecule has 0 aliphatic heterocycles. The largest absolute Gasteiger partial charge is 0.383 e. The lowest BCUT2D eigenvalue weighted by Crippen LogP contribution is -2.23. The first-order chi connectivity index (χ1) is 3.62. The van der Waals surface area contributed by atoms with Gasteiger partial charge >= 0.3 is 0 Å². The van der Waals surface area contributed by atoms with Crippen molar-refractivity contribution in [3.63, 3.8) is 0 Å². The van der Waals surface area contributed by atoms with E-state index in [0.29, 0.717) is 6.61 Å². The van der Waals surface area contributed by atoms with Crippen LogP contribution in [0.4, 0.5) is 0 Å². The summed E-state index contributed by atoms with van der Waals surface area (Å²) in [5.74, 6) is 0. The zero-order chi connectivity index (χ0) is 6.62. The Balaban J connectivity index is 3.53. The third-order valence-electron chi connectivity index (χ3n) is 0.672. The first kappa shape index (κ1) is 8.11. The molecule has 48 valence electrons. The number of hydrogen-bond acceptors (Lipinski definition) is 2. The molecule has 1 atom stereocenters. The molecule has 2 nitrogen and oxygen atoms in total. The van der Waals surface area contributed by atoms with E-state index in [1.807, 2.05) is 0 Å². The number of carbonyl (C=O) groups is 1. The third-order valence-corrected chi connectivity index (χ3v) is 1.09. The van der Waals surface area contributed by atoms with Crippen LogP contribution >= 0.6 is 15.9 Å². The number of methoxy groups -OCH3 is 1. The Morgan fingerprint density at radius 2 is 2.38 bits per heavy atom. The Hall–Kier alpha value is 0.110. The molecule has 0 aromatic rings. The van der Waals surface area contributed by atoms with E-state index in [-0.39, 0.29) is 0 Å². The van der Waals surface area contributed by atoms with Crippen LogP contribution in [0, 0.1) is 0 Å². The molecule has 8 heavy (non-hydrogen) atoms. The van der Waals surface area contributed by atoms with Crippen molar-refractivity contribution >= 4 is 22.2 Å². The van der Waals surface area contributed by atoms with Crippen LogP contribution in [0.5, 0.6) is 0 Å². The quantitative estimate of drug-likeness (QED) is 0.479. The van der Waals surface area contributed by atoms with Crippen molar-refractivity contribution in [1.82, 2.24) is 0 Å². The highest BCUT2D eigenvalue weighted by atomic mass is 79.9. The van der Waals surface area contributed by atoms with Gasteiger partial charge in [0.15, 0.2) is 0 Å². The average Bonchev–Trinajstić information content (AvgIpc) is 1.67. The third kappa shape index (κ3) is 3.16. The molecule has 0 aromatic carbocycles. The van der Waals surface area contributed by atoms with Crippen molar-refractivity contribution in [2.75, 3.05) is 13.7 Å². The zero-order valence-corrected chi connectivity index (χ0v) is 6.56. The fourth-order valence-electron chi connectivity index (χ4n) is 0.316. The Bertz CT molecular complexity index is 80.5. The highest BCUT2D eigenvalue weighted by molar-refractivity contribution is 9.10. The maximum Gasteiger partial charge on any atom is 0.138 e. The van der Waals surface area contributed by atoms with Gasteiger partial charge in [-0.1, -0.05) is 15.9 Å². The smallest absolute Gasteiger partial charge is 0.138 e. The van der Waals surface area contributed by atoms with Gasteiger partial charge in [-0.05, 0) is 6.92 Å². The second kappa shape index (κ2) is 3.20. The summed E-state index contributed by atoms with van der Waals surface area (Å²) < 4.78 is 4.22. The van der Waals surface area contributed by atoms with Gasteiger partial charge in [-0.2, -0.15) is 0 Å². The van der Waals surface area contributed by atoms with Gasteiger partial charge in [-0.15, -0.1) is 0 Å². The first-order valence-corrected chi connectivity index (χ1v) is 3.06. The van der Waals surface area contributed by atoms with Crippen molar-refractivity contribution in [2.24, 2.45) is 0 Å². The molecule has 0 fully saturated rings. The van der Waals surface area contributed by atoms with Crippen LogP contribution in [0.2, 0.25) is 0 Å². The van der Waals surface area contributed by atoms with Crippen LogP contribution in [0.1, 0.15) is 6.92 Å². The Morgan fingerprint density at radius 1 is 1.88 bits per heavy atom. The number of ether oxygens (including phenoxy) is 1. The molecule has 0 N–H and O–H groups in total. The summed E-state index contributed by atoms with van der Waals surface area (Å²) in [5, 5.41) is 0. The fourth-order valence-corrected chi connectivity index (χ4v) is 0.545. The standard InChI is InChI=1S/C5H9BrO2/c1-5(6,3-7)4-8-2/h3H,4H2,1-2H3. The van der Waals surface area contributed by atoms with Crippen molar-refractivity contribution in [3.8, 4) is 0 Å². The monoisotopic (exact) mass is 180 g/mol. The van der Waals surface area contributed by atoms with Crippen LogP contribution in [0.3, 0.4) is 0 Å². The molecular weight excluding hydrogens is 172 g/mol. The van der Waals surface area contributed by atoms with Crippen molar-refractivity contribution < 1.29 is 9.53 Å². The summed E-state index contributed by atoms with van der Waals surface area (Å²) in [5.41, 5.74) is 0. The summed E-state index contributed by atoms with van der Waals surface area (Å²) in [7, 11) is 1.56. The molecule has 0 aromatic heterocycles. The normalized spacial score (nSPS) is 17.4. The molecule has 0 bridgehead atoms. The van der Waals surface area contributed by atoms with E-state index in [2.05, 4.69) is 15.9 Å². The fraction of sp³-hybridized carbons (Fsp3) is 0.800. The van der Waals surface area contributed by atoms with E-state index >= 15 is 0 Å². The molecule has 0 saturated carbocycles. The van der Waals surface area contributed by atoms with Gasteiger partial charge < -0.3 is 9.53 Å². The van der Waals surface area contributed by atoms with Gasteiger partial charge in [-0.25, -0.2) is 0 Å². The number of hydrogen-bond donors (Lipinski definition) is 0. The maximum atomic E-state index is 10.1. The van der Waals surface area contributed by atoms with Gasteiger partial charge in [-0.3, -0.25) is 0 Å². The second-order valence-corrected chi connectivity index (χ2v) is 3.64. The van der Waals surface area contributed by atoms with E-state index in [0.717, 1.165) is 6.29 Å². The van der Waals surface area contributed by atoms with Crippen LogP contribution in [-0.2, 0) is 9.53 Å². The van der Waals surface area contributed by atoms with Gasteiger partial charge in [0.1, 0.15) is 10.6 Å². The van der Waals surface area contributed by atoms with Crippen molar-refractivity contribution in [1.29, 1.82) is 0 Å². The van der Waals surface area contributed by atoms with E-state index in [1.165, 1.54) is 0 Å². The van der Waals surface area contributed by atoms with Gasteiger partial charge in [0, 0.05) is 7.11 Å². The Labute approximate surface area is 57.3 Å². The summed E-state index contributed by atoms with van der Waals surface area (Å²) >= 11 is 3.15. The first-order valence-electron chi connectivity index (χ1n) is 2.26. The molecule has 0 aliphatic rings. The van der Waals surface area contributed by atoms with Crippen LogP contribution in [0.25, 0.3) is 0 Å². The topological polar surface area (TPSA) is 26.3 Å². The molecule has 0 radical (unpaired) electrons. The number of carbonyl (C=O) groups excluding carboxylic acids is 1. The van der Waals surface area contributed by atoms with Crippen LogP contribution in [0.15, 0.2) is 0 Å². The van der Waals surface area contributed by atoms with Gasteiger partial charge in [0.2, 0.25) is 0 Å². The Kier molecular flexibility index (Phi) is 3.24. The molecule has 0 saturated heterocycles. The molecule has 3 heteroatoms. The number of aldehydes is 1. The SMILES string of the molecule is COCC(C)(Br)C=O. The number of alkyl halides is 1. The molecule has 1 unspecified atom stereocenters. The molecular formula is C5H9BrO2. The highest BCUT2D eigenvalue weighted by Crippen LogP contribution is 2.12. The van der Waals surface area contributed by atoms with Gasteiger partial charge in [0.25, 0.3) is 0 Å². The maximum absolute atomic E-state index is 10.1. The number of halogens is 1.